The zero-order valence-electron chi connectivity index (χ0n) is 18.0. The Morgan fingerprint density at radius 1 is 1.03 bits per heavy atom. The minimum absolute atomic E-state index is 0.192. The Morgan fingerprint density at radius 3 is 2.52 bits per heavy atom. The Hall–Kier alpha value is -3.98. The van der Waals surface area contributed by atoms with Crippen molar-refractivity contribution in [3.05, 3.63) is 83.0 Å². The summed E-state index contributed by atoms with van der Waals surface area (Å²) in [5.74, 6) is 0.203. The third-order valence-electron chi connectivity index (χ3n) is 5.64. The lowest BCUT2D eigenvalue weighted by molar-refractivity contribution is 0.475. The monoisotopic (exact) mass is 462 g/mol. The number of hydrogen-bond acceptors (Lipinski definition) is 4. The van der Waals surface area contributed by atoms with Gasteiger partial charge in [-0.2, -0.15) is 0 Å². The number of benzene rings is 2. The number of aromatic hydroxyl groups is 1. The van der Waals surface area contributed by atoms with Crippen LogP contribution in [0.4, 0.5) is 5.69 Å². The number of nitrogens with zero attached hydrogens (tertiary/aromatic N) is 2. The molecule has 2 aromatic carbocycles. The summed E-state index contributed by atoms with van der Waals surface area (Å²) >= 11 is 0. The Morgan fingerprint density at radius 2 is 1.79 bits per heavy atom. The molecule has 9 heteroatoms. The Labute approximate surface area is 189 Å². The van der Waals surface area contributed by atoms with Gasteiger partial charge in [-0.1, -0.05) is 12.1 Å². The number of phenolic OH excluding ortho intramolecular Hbond substituents is 1. The zero-order valence-corrected chi connectivity index (χ0v) is 18.8. The van der Waals surface area contributed by atoms with Gasteiger partial charge in [-0.05, 0) is 42.0 Å². The highest BCUT2D eigenvalue weighted by molar-refractivity contribution is 7.92. The van der Waals surface area contributed by atoms with E-state index in [2.05, 4.69) is 14.3 Å². The molecule has 5 rings (SSSR count). The van der Waals surface area contributed by atoms with Gasteiger partial charge in [-0.15, -0.1) is 0 Å². The van der Waals surface area contributed by atoms with Gasteiger partial charge in [0.2, 0.25) is 10.0 Å². The molecule has 3 N–H and O–H groups in total. The van der Waals surface area contributed by atoms with E-state index in [9.17, 15) is 18.3 Å². The largest absolute Gasteiger partial charge is 0.508 e. The van der Waals surface area contributed by atoms with Crippen LogP contribution in [0.15, 0.2) is 71.9 Å². The lowest BCUT2D eigenvalue weighted by Crippen LogP contribution is -2.09. The summed E-state index contributed by atoms with van der Waals surface area (Å²) in [5, 5.41) is 11.2. The molecular formula is C24H22N4O4S. The number of rotatable bonds is 5. The standard InChI is InChI=1S/C24H22N4O4S/c1-27-14-21(19-7-9-25-24(30)23(19)27)20-12-17(26-33(2,31)32)11-16-8-10-28(22(16)20)13-15-3-5-18(29)6-4-15/h3-12,14,26,29H,13H2,1-2H3,(H,25,30). The topological polar surface area (TPSA) is 109 Å². The SMILES string of the molecule is Cn1cc(-c2cc(NS(C)(=O)=O)cc3ccn(Cc4ccc(O)cc4)c23)c2cc[nH]c(=O)c21. The number of nitrogens with one attached hydrogen (secondary N) is 2. The van der Waals surface area contributed by atoms with Gasteiger partial charge in [0.15, 0.2) is 0 Å². The van der Waals surface area contributed by atoms with E-state index in [0.29, 0.717) is 17.7 Å². The van der Waals surface area contributed by atoms with Gasteiger partial charge in [0, 0.05) is 59.8 Å². The number of H-pyrrole nitrogens is 1. The number of hydrogen-bond donors (Lipinski definition) is 3. The molecule has 0 aliphatic carbocycles. The minimum Gasteiger partial charge on any atom is -0.508 e. The summed E-state index contributed by atoms with van der Waals surface area (Å²) < 4.78 is 30.3. The highest BCUT2D eigenvalue weighted by atomic mass is 32.2. The molecule has 0 aliphatic heterocycles. The molecule has 0 radical (unpaired) electrons. The van der Waals surface area contributed by atoms with Crippen molar-refractivity contribution in [2.24, 2.45) is 7.05 Å². The third kappa shape index (κ3) is 3.87. The number of aromatic amines is 1. The maximum atomic E-state index is 12.5. The van der Waals surface area contributed by atoms with Gasteiger partial charge in [0.25, 0.3) is 5.56 Å². The first kappa shape index (κ1) is 20.9. The molecule has 0 saturated heterocycles. The van der Waals surface area contributed by atoms with Gasteiger partial charge < -0.3 is 19.2 Å². The van der Waals surface area contributed by atoms with Crippen molar-refractivity contribution in [1.82, 2.24) is 14.1 Å². The molecule has 3 heterocycles. The van der Waals surface area contributed by atoms with Crippen LogP contribution in [-0.4, -0.2) is 33.9 Å². The summed E-state index contributed by atoms with van der Waals surface area (Å²) in [4.78, 5) is 15.2. The summed E-state index contributed by atoms with van der Waals surface area (Å²) in [6.07, 6.45) is 6.56. The molecule has 0 fully saturated rings. The number of aromatic nitrogens is 3. The maximum absolute atomic E-state index is 12.5. The van der Waals surface area contributed by atoms with Crippen molar-refractivity contribution < 1.29 is 13.5 Å². The van der Waals surface area contributed by atoms with Crippen molar-refractivity contribution in [2.75, 3.05) is 11.0 Å². The summed E-state index contributed by atoms with van der Waals surface area (Å²) in [6, 6.07) is 14.4. The van der Waals surface area contributed by atoms with Crippen molar-refractivity contribution in [3.8, 4) is 16.9 Å². The quantitative estimate of drug-likeness (QED) is 0.371. The predicted octanol–water partition coefficient (Wildman–Crippen LogP) is 3.61. The number of fused-ring (bicyclic) bond motifs is 2. The van der Waals surface area contributed by atoms with E-state index in [1.807, 2.05) is 43.7 Å². The predicted molar refractivity (Wildman–Crippen MR) is 130 cm³/mol. The molecule has 8 nitrogen and oxygen atoms in total. The first-order valence-electron chi connectivity index (χ1n) is 10.3. The lowest BCUT2D eigenvalue weighted by atomic mass is 10.0. The molecular weight excluding hydrogens is 440 g/mol. The van der Waals surface area contributed by atoms with Gasteiger partial charge in [-0.25, -0.2) is 8.42 Å². The maximum Gasteiger partial charge on any atom is 0.272 e. The van der Waals surface area contributed by atoms with E-state index in [1.165, 1.54) is 0 Å². The first-order chi connectivity index (χ1) is 15.7. The van der Waals surface area contributed by atoms with Crippen LogP contribution >= 0.6 is 0 Å². The lowest BCUT2D eigenvalue weighted by Gasteiger charge is -2.13. The van der Waals surface area contributed by atoms with Crippen molar-refractivity contribution in [3.63, 3.8) is 0 Å². The molecule has 0 spiro atoms. The second-order valence-electron chi connectivity index (χ2n) is 8.17. The van der Waals surface area contributed by atoms with E-state index in [1.54, 1.807) is 35.0 Å². The minimum atomic E-state index is -3.48. The molecule has 3 aromatic heterocycles. The number of phenols is 1. The number of pyridine rings is 1. The molecule has 33 heavy (non-hydrogen) atoms. The molecule has 168 valence electrons. The van der Waals surface area contributed by atoms with Crippen molar-refractivity contribution >= 4 is 37.5 Å². The van der Waals surface area contributed by atoms with E-state index in [-0.39, 0.29) is 11.3 Å². The van der Waals surface area contributed by atoms with Crippen LogP contribution in [0.5, 0.6) is 5.75 Å². The van der Waals surface area contributed by atoms with Gasteiger partial charge in [0.05, 0.1) is 11.8 Å². The molecule has 0 saturated carbocycles. The second kappa shape index (κ2) is 7.56. The second-order valence-corrected chi connectivity index (χ2v) is 9.92. The molecule has 5 aromatic rings. The summed E-state index contributed by atoms with van der Waals surface area (Å²) in [5.41, 5.74) is 4.34. The Balaban J connectivity index is 1.78. The van der Waals surface area contributed by atoms with E-state index >= 15 is 0 Å². The van der Waals surface area contributed by atoms with Crippen LogP contribution in [0.25, 0.3) is 32.9 Å². The number of aryl methyl sites for hydroxylation is 1. The smallest absolute Gasteiger partial charge is 0.272 e. The molecule has 0 amide bonds. The van der Waals surface area contributed by atoms with Crippen LogP contribution in [0.2, 0.25) is 0 Å². The van der Waals surface area contributed by atoms with Crippen LogP contribution in [-0.2, 0) is 23.6 Å². The Bertz CT molecular complexity index is 1680. The normalized spacial score (nSPS) is 11.9. The van der Waals surface area contributed by atoms with E-state index in [4.69, 9.17) is 0 Å². The molecule has 0 bridgehead atoms. The highest BCUT2D eigenvalue weighted by Crippen LogP contribution is 2.37. The van der Waals surface area contributed by atoms with Crippen molar-refractivity contribution in [1.29, 1.82) is 0 Å². The first-order valence-corrected chi connectivity index (χ1v) is 12.1. The Kier molecular flexibility index (Phi) is 4.79. The fourth-order valence-corrected chi connectivity index (χ4v) is 4.88. The summed E-state index contributed by atoms with van der Waals surface area (Å²) in [7, 11) is -1.66. The van der Waals surface area contributed by atoms with E-state index in [0.717, 1.165) is 39.2 Å². The highest BCUT2D eigenvalue weighted by Gasteiger charge is 2.18. The fourth-order valence-electron chi connectivity index (χ4n) is 4.34. The van der Waals surface area contributed by atoms with Gasteiger partial charge in [-0.3, -0.25) is 9.52 Å². The average Bonchev–Trinajstić information content (AvgIpc) is 3.30. The van der Waals surface area contributed by atoms with E-state index < -0.39 is 10.0 Å². The average molecular weight is 463 g/mol. The van der Waals surface area contributed by atoms with Gasteiger partial charge >= 0.3 is 0 Å². The third-order valence-corrected chi connectivity index (χ3v) is 6.25. The van der Waals surface area contributed by atoms with Crippen LogP contribution in [0.1, 0.15) is 5.56 Å². The number of sulfonamides is 1. The van der Waals surface area contributed by atoms with Crippen LogP contribution in [0.3, 0.4) is 0 Å². The van der Waals surface area contributed by atoms with Crippen LogP contribution < -0.4 is 10.3 Å². The van der Waals surface area contributed by atoms with Gasteiger partial charge in [0.1, 0.15) is 11.3 Å². The molecule has 0 aliphatic rings. The van der Waals surface area contributed by atoms with Crippen molar-refractivity contribution in [2.45, 2.75) is 6.54 Å². The zero-order chi connectivity index (χ0) is 23.3. The summed E-state index contributed by atoms with van der Waals surface area (Å²) in [6.45, 7) is 0.557. The fraction of sp³-hybridized carbons (Fsp3) is 0.125. The number of anilines is 1. The van der Waals surface area contributed by atoms with Crippen LogP contribution in [0, 0.1) is 0 Å². The molecule has 0 atom stereocenters. The molecule has 0 unspecified atom stereocenters.